The monoisotopic (exact) mass is 266 g/mol. The van der Waals surface area contributed by atoms with Crippen molar-refractivity contribution in [3.05, 3.63) is 35.6 Å². The van der Waals surface area contributed by atoms with E-state index < -0.39 is 11.8 Å². The number of aliphatic carboxylic acids is 1. The first kappa shape index (κ1) is 13.5. The molecule has 102 valence electrons. The zero-order valence-corrected chi connectivity index (χ0v) is 10.4. The lowest BCUT2D eigenvalue weighted by Crippen LogP contribution is -3.16. The Labute approximate surface area is 110 Å². The van der Waals surface area contributed by atoms with Gasteiger partial charge in [0.1, 0.15) is 12.4 Å². The van der Waals surface area contributed by atoms with Crippen LogP contribution in [0.3, 0.4) is 0 Å². The van der Waals surface area contributed by atoms with Gasteiger partial charge in [0.15, 0.2) is 0 Å². The van der Waals surface area contributed by atoms with Gasteiger partial charge >= 0.3 is 0 Å². The summed E-state index contributed by atoms with van der Waals surface area (Å²) in [6.07, 6.45) is 0. The van der Waals surface area contributed by atoms with Gasteiger partial charge in [-0.2, -0.15) is 0 Å². The molecule has 1 saturated heterocycles. The normalized spacial score (nSPS) is 16.4. The number of carbonyl (C=O) groups is 2. The summed E-state index contributed by atoms with van der Waals surface area (Å²) in [6.45, 7) is 2.03. The van der Waals surface area contributed by atoms with Crippen LogP contribution in [0, 0.1) is 5.82 Å². The van der Waals surface area contributed by atoms with E-state index in [0.29, 0.717) is 31.7 Å². The van der Waals surface area contributed by atoms with E-state index in [1.54, 1.807) is 11.0 Å². The summed E-state index contributed by atoms with van der Waals surface area (Å²) >= 11 is 0. The molecular weight excluding hydrogens is 251 g/mol. The lowest BCUT2D eigenvalue weighted by Gasteiger charge is -2.32. The van der Waals surface area contributed by atoms with Crippen LogP contribution in [0.2, 0.25) is 0 Å². The van der Waals surface area contributed by atoms with Crippen molar-refractivity contribution >= 4 is 11.9 Å². The van der Waals surface area contributed by atoms with Crippen LogP contribution in [-0.2, 0) is 4.79 Å². The summed E-state index contributed by atoms with van der Waals surface area (Å²) in [5, 5.41) is 10.5. The van der Waals surface area contributed by atoms with Crippen molar-refractivity contribution in [1.82, 2.24) is 4.90 Å². The van der Waals surface area contributed by atoms with E-state index in [1.165, 1.54) is 18.2 Å². The number of nitrogens with one attached hydrogen (secondary N) is 1. The average molecular weight is 266 g/mol. The Morgan fingerprint density at radius 1 is 1.32 bits per heavy atom. The third kappa shape index (κ3) is 3.51. The molecule has 1 heterocycles. The predicted octanol–water partition coefficient (Wildman–Crippen LogP) is -2.08. The maximum absolute atomic E-state index is 13.1. The van der Waals surface area contributed by atoms with Crippen molar-refractivity contribution in [3.63, 3.8) is 0 Å². The van der Waals surface area contributed by atoms with Crippen LogP contribution in [0.25, 0.3) is 0 Å². The average Bonchev–Trinajstić information content (AvgIpc) is 2.38. The second kappa shape index (κ2) is 5.79. The summed E-state index contributed by atoms with van der Waals surface area (Å²) in [7, 11) is 0. The van der Waals surface area contributed by atoms with Gasteiger partial charge < -0.3 is 19.7 Å². The number of quaternary nitrogens is 1. The van der Waals surface area contributed by atoms with E-state index >= 15 is 0 Å². The number of piperazine rings is 1. The molecule has 0 radical (unpaired) electrons. The van der Waals surface area contributed by atoms with Gasteiger partial charge in [-0.15, -0.1) is 0 Å². The first-order valence-corrected chi connectivity index (χ1v) is 6.14. The van der Waals surface area contributed by atoms with Crippen molar-refractivity contribution in [1.29, 1.82) is 0 Å². The maximum atomic E-state index is 13.1. The summed E-state index contributed by atoms with van der Waals surface area (Å²) in [5.74, 6) is -1.74. The Morgan fingerprint density at radius 2 is 2.00 bits per heavy atom. The quantitative estimate of drug-likeness (QED) is 0.683. The van der Waals surface area contributed by atoms with Crippen LogP contribution in [0.15, 0.2) is 24.3 Å². The molecule has 1 fully saturated rings. The third-order valence-electron chi connectivity index (χ3n) is 3.22. The van der Waals surface area contributed by atoms with Gasteiger partial charge in [0.25, 0.3) is 5.91 Å². The highest BCUT2D eigenvalue weighted by Gasteiger charge is 2.24. The number of halogens is 1. The molecule has 0 atom stereocenters. The fourth-order valence-electron chi connectivity index (χ4n) is 2.21. The van der Waals surface area contributed by atoms with Crippen molar-refractivity contribution in [3.8, 4) is 0 Å². The molecule has 5 nitrogen and oxygen atoms in total. The Morgan fingerprint density at radius 3 is 2.58 bits per heavy atom. The topological polar surface area (TPSA) is 64.9 Å². The highest BCUT2D eigenvalue weighted by atomic mass is 19.1. The molecule has 1 aliphatic heterocycles. The summed E-state index contributed by atoms with van der Waals surface area (Å²) in [4.78, 5) is 25.1. The number of hydrogen-bond acceptors (Lipinski definition) is 3. The molecule has 0 aromatic heterocycles. The summed E-state index contributed by atoms with van der Waals surface area (Å²) in [6, 6.07) is 5.58. The molecule has 2 rings (SSSR count). The molecular formula is C13H15FN2O3. The van der Waals surface area contributed by atoms with E-state index in [-0.39, 0.29) is 12.5 Å². The highest BCUT2D eigenvalue weighted by Crippen LogP contribution is 2.07. The lowest BCUT2D eigenvalue weighted by molar-refractivity contribution is -0.898. The first-order chi connectivity index (χ1) is 9.06. The maximum Gasteiger partial charge on any atom is 0.254 e. The van der Waals surface area contributed by atoms with Gasteiger partial charge in [-0.05, 0) is 18.2 Å². The minimum atomic E-state index is -1.08. The van der Waals surface area contributed by atoms with Gasteiger partial charge in [0.2, 0.25) is 0 Å². The molecule has 1 aromatic carbocycles. The van der Waals surface area contributed by atoms with E-state index in [9.17, 15) is 19.1 Å². The van der Waals surface area contributed by atoms with E-state index in [1.807, 2.05) is 0 Å². The molecule has 0 bridgehead atoms. The van der Waals surface area contributed by atoms with Crippen LogP contribution in [0.4, 0.5) is 4.39 Å². The fraction of sp³-hybridized carbons (Fsp3) is 0.385. The molecule has 6 heteroatoms. The van der Waals surface area contributed by atoms with E-state index in [0.717, 1.165) is 4.90 Å². The van der Waals surface area contributed by atoms with E-state index in [2.05, 4.69) is 0 Å². The van der Waals surface area contributed by atoms with Gasteiger partial charge in [-0.3, -0.25) is 4.79 Å². The van der Waals surface area contributed by atoms with Crippen LogP contribution < -0.4 is 10.0 Å². The van der Waals surface area contributed by atoms with Gasteiger partial charge in [0.05, 0.1) is 32.1 Å². The molecule has 19 heavy (non-hydrogen) atoms. The zero-order chi connectivity index (χ0) is 13.8. The Balaban J connectivity index is 1.94. The Hall–Kier alpha value is -1.95. The third-order valence-corrected chi connectivity index (χ3v) is 3.22. The number of carbonyl (C=O) groups excluding carboxylic acids is 2. The van der Waals surface area contributed by atoms with Crippen molar-refractivity contribution in [2.24, 2.45) is 0 Å². The smallest absolute Gasteiger partial charge is 0.254 e. The number of benzene rings is 1. The number of rotatable bonds is 3. The van der Waals surface area contributed by atoms with Crippen LogP contribution in [0.5, 0.6) is 0 Å². The fourth-order valence-corrected chi connectivity index (χ4v) is 2.21. The van der Waals surface area contributed by atoms with Crippen molar-refractivity contribution in [2.75, 3.05) is 32.7 Å². The second-order valence-electron chi connectivity index (χ2n) is 4.60. The van der Waals surface area contributed by atoms with Crippen LogP contribution in [0.1, 0.15) is 10.4 Å². The summed E-state index contributed by atoms with van der Waals surface area (Å²) in [5.41, 5.74) is 0.323. The standard InChI is InChI=1S/C13H15FN2O3/c14-11-3-1-2-10(8-11)13(19)16-6-4-15(5-7-16)9-12(17)18/h1-3,8H,4-7,9H2,(H,17,18). The zero-order valence-electron chi connectivity index (χ0n) is 10.4. The SMILES string of the molecule is O=C([O-])C[NH+]1CCN(C(=O)c2cccc(F)c2)CC1. The minimum Gasteiger partial charge on any atom is -0.544 e. The number of nitrogens with zero attached hydrogens (tertiary/aromatic N) is 1. The number of carboxylic acid groups (broad SMARTS) is 1. The minimum absolute atomic E-state index is 0.0397. The molecule has 0 aliphatic carbocycles. The van der Waals surface area contributed by atoms with Crippen molar-refractivity contribution < 1.29 is 24.0 Å². The number of hydrogen-bond donors (Lipinski definition) is 1. The Kier molecular flexibility index (Phi) is 4.11. The van der Waals surface area contributed by atoms with E-state index in [4.69, 9.17) is 0 Å². The van der Waals surface area contributed by atoms with Gasteiger partial charge in [-0.1, -0.05) is 6.07 Å². The van der Waals surface area contributed by atoms with Crippen molar-refractivity contribution in [2.45, 2.75) is 0 Å². The van der Waals surface area contributed by atoms with Crippen LogP contribution >= 0.6 is 0 Å². The second-order valence-corrected chi connectivity index (χ2v) is 4.60. The summed E-state index contributed by atoms with van der Waals surface area (Å²) < 4.78 is 13.1. The largest absolute Gasteiger partial charge is 0.544 e. The molecule has 1 aromatic rings. The molecule has 1 amide bonds. The molecule has 0 saturated carbocycles. The lowest BCUT2D eigenvalue weighted by atomic mass is 10.1. The predicted molar refractivity (Wildman–Crippen MR) is 62.9 cm³/mol. The number of carboxylic acids is 1. The van der Waals surface area contributed by atoms with Gasteiger partial charge in [-0.25, -0.2) is 4.39 Å². The van der Waals surface area contributed by atoms with Gasteiger partial charge in [0, 0.05) is 5.56 Å². The highest BCUT2D eigenvalue weighted by molar-refractivity contribution is 5.94. The number of amides is 1. The molecule has 0 unspecified atom stereocenters. The first-order valence-electron chi connectivity index (χ1n) is 6.14. The molecule has 1 N–H and O–H groups in total. The molecule has 1 aliphatic rings. The molecule has 0 spiro atoms. The van der Waals surface area contributed by atoms with Crippen LogP contribution in [-0.4, -0.2) is 49.5 Å². The Bertz CT molecular complexity index is 485.